The van der Waals surface area contributed by atoms with Crippen LogP contribution in [0.5, 0.6) is 11.5 Å². The third kappa shape index (κ3) is 5.07. The third-order valence-electron chi connectivity index (χ3n) is 4.74. The molecule has 0 saturated carbocycles. The number of carbonyl (C=O) groups is 1. The van der Waals surface area contributed by atoms with Crippen molar-refractivity contribution >= 4 is 49.8 Å². The number of rotatable bonds is 8. The molecule has 1 atom stereocenters. The van der Waals surface area contributed by atoms with Crippen LogP contribution < -0.4 is 19.1 Å². The Labute approximate surface area is 200 Å². The molecule has 1 amide bonds. The number of nitrogens with one attached hydrogen (secondary N) is 1. The van der Waals surface area contributed by atoms with Crippen LogP contribution in [0.15, 0.2) is 57.8 Å². The lowest BCUT2D eigenvalue weighted by atomic mass is 10.2. The summed E-state index contributed by atoms with van der Waals surface area (Å²) in [5, 5.41) is 11.1. The van der Waals surface area contributed by atoms with Crippen molar-refractivity contribution in [3.8, 4) is 11.5 Å². The molecule has 0 bridgehead atoms. The summed E-state index contributed by atoms with van der Waals surface area (Å²) in [4.78, 5) is 13.0. The second-order valence-electron chi connectivity index (χ2n) is 7.00. The zero-order valence-corrected chi connectivity index (χ0v) is 20.4. The lowest BCUT2D eigenvalue weighted by Gasteiger charge is -2.34. The highest BCUT2D eigenvalue weighted by atomic mass is 32.2. The van der Waals surface area contributed by atoms with E-state index in [4.69, 9.17) is 9.47 Å². The maximum absolute atomic E-state index is 13.5. The van der Waals surface area contributed by atoms with Crippen LogP contribution >= 0.6 is 23.1 Å². The number of benzene rings is 2. The van der Waals surface area contributed by atoms with Gasteiger partial charge in [0.15, 0.2) is 10.4 Å². The van der Waals surface area contributed by atoms with Gasteiger partial charge in [0.05, 0.1) is 24.2 Å². The standard InChI is InChI=1S/C21H22N4O5S3/c1-3-12-31-21-24-23-20(32-21)22-19(26)18-13-25(16-6-4-5-7-17(16)30-18)33(27,28)15-10-8-14(29-2)9-11-15/h4-11,18H,3,12-13H2,1-2H3,(H,22,23,26)/t18-/m0/s1. The quantitative estimate of drug-likeness (QED) is 0.364. The number of carbonyl (C=O) groups excluding carboxylic acids is 1. The highest BCUT2D eigenvalue weighted by Crippen LogP contribution is 2.37. The van der Waals surface area contributed by atoms with Crippen molar-refractivity contribution in [1.82, 2.24) is 10.2 Å². The van der Waals surface area contributed by atoms with Crippen molar-refractivity contribution in [3.05, 3.63) is 48.5 Å². The molecule has 2 aromatic carbocycles. The number of hydrogen-bond acceptors (Lipinski definition) is 9. The van der Waals surface area contributed by atoms with Gasteiger partial charge in [0, 0.05) is 5.75 Å². The summed E-state index contributed by atoms with van der Waals surface area (Å²) in [6.07, 6.45) is -0.0664. The van der Waals surface area contributed by atoms with Gasteiger partial charge in [-0.3, -0.25) is 14.4 Å². The minimum atomic E-state index is -3.96. The normalized spacial score (nSPS) is 15.5. The number of nitrogens with zero attached hydrogens (tertiary/aromatic N) is 3. The molecule has 0 aliphatic carbocycles. The summed E-state index contributed by atoms with van der Waals surface area (Å²) < 4.78 is 39.8. The second-order valence-corrected chi connectivity index (χ2v) is 11.2. The number of thioether (sulfide) groups is 1. The van der Waals surface area contributed by atoms with Gasteiger partial charge in [-0.25, -0.2) is 8.42 Å². The van der Waals surface area contributed by atoms with Gasteiger partial charge in [-0.1, -0.05) is 42.2 Å². The fourth-order valence-corrected chi connectivity index (χ4v) is 6.29. The van der Waals surface area contributed by atoms with Crippen LogP contribution in [0.2, 0.25) is 0 Å². The molecule has 33 heavy (non-hydrogen) atoms. The highest BCUT2D eigenvalue weighted by Gasteiger charge is 2.37. The first kappa shape index (κ1) is 23.3. The molecule has 0 unspecified atom stereocenters. The topological polar surface area (TPSA) is 111 Å². The fourth-order valence-electron chi connectivity index (χ4n) is 3.14. The largest absolute Gasteiger partial charge is 0.497 e. The molecular weight excluding hydrogens is 484 g/mol. The molecule has 2 heterocycles. The van der Waals surface area contributed by atoms with Gasteiger partial charge in [0.25, 0.3) is 15.9 Å². The Morgan fingerprint density at radius 2 is 2.00 bits per heavy atom. The Bertz CT molecular complexity index is 1230. The van der Waals surface area contributed by atoms with Gasteiger partial charge in [-0.05, 0) is 42.8 Å². The number of fused-ring (bicyclic) bond motifs is 1. The molecule has 1 aliphatic rings. The SMILES string of the molecule is CCCSc1nnc(NC(=O)[C@@H]2CN(S(=O)(=O)c3ccc(OC)cc3)c3ccccc3O2)s1. The maximum Gasteiger partial charge on any atom is 0.269 e. The number of methoxy groups -OCH3 is 1. The summed E-state index contributed by atoms with van der Waals surface area (Å²) in [7, 11) is -2.45. The van der Waals surface area contributed by atoms with E-state index in [1.807, 2.05) is 0 Å². The third-order valence-corrected chi connectivity index (χ3v) is 8.71. The van der Waals surface area contributed by atoms with Crippen molar-refractivity contribution in [1.29, 1.82) is 0 Å². The molecule has 1 aliphatic heterocycles. The van der Waals surface area contributed by atoms with E-state index in [2.05, 4.69) is 22.4 Å². The van der Waals surface area contributed by atoms with Crippen molar-refractivity contribution < 1.29 is 22.7 Å². The average molecular weight is 507 g/mol. The smallest absolute Gasteiger partial charge is 0.269 e. The summed E-state index contributed by atoms with van der Waals surface area (Å²) >= 11 is 2.83. The number of ether oxygens (including phenoxy) is 2. The molecule has 1 N–H and O–H groups in total. The van der Waals surface area contributed by atoms with Crippen molar-refractivity contribution in [2.75, 3.05) is 29.0 Å². The van der Waals surface area contributed by atoms with E-state index in [0.717, 1.165) is 16.5 Å². The lowest BCUT2D eigenvalue weighted by Crippen LogP contribution is -2.48. The van der Waals surface area contributed by atoms with E-state index in [9.17, 15) is 13.2 Å². The highest BCUT2D eigenvalue weighted by molar-refractivity contribution is 8.01. The summed E-state index contributed by atoms with van der Waals surface area (Å²) in [5.41, 5.74) is 0.367. The minimum absolute atomic E-state index is 0.0841. The first-order chi connectivity index (χ1) is 15.9. The monoisotopic (exact) mass is 506 g/mol. The Kier molecular flexibility index (Phi) is 7.05. The minimum Gasteiger partial charge on any atom is -0.497 e. The molecular formula is C21H22N4O5S3. The van der Waals surface area contributed by atoms with Crippen molar-refractivity contribution in [2.45, 2.75) is 28.7 Å². The average Bonchev–Trinajstić information content (AvgIpc) is 3.29. The Morgan fingerprint density at radius 1 is 1.24 bits per heavy atom. The predicted molar refractivity (Wildman–Crippen MR) is 128 cm³/mol. The summed E-state index contributed by atoms with van der Waals surface area (Å²) in [5.74, 6) is 1.26. The molecule has 3 aromatic rings. The van der Waals surface area contributed by atoms with E-state index in [0.29, 0.717) is 22.3 Å². The number of anilines is 2. The number of para-hydroxylation sites is 2. The number of amides is 1. The van der Waals surface area contributed by atoms with Crippen LogP contribution in [0, 0.1) is 0 Å². The van der Waals surface area contributed by atoms with E-state index < -0.39 is 22.0 Å². The van der Waals surface area contributed by atoms with Crippen LogP contribution in [-0.4, -0.2) is 50.0 Å². The molecule has 0 saturated heterocycles. The Balaban J connectivity index is 1.58. The van der Waals surface area contributed by atoms with Crippen LogP contribution in [0.4, 0.5) is 10.8 Å². The first-order valence-electron chi connectivity index (χ1n) is 10.1. The molecule has 1 aromatic heterocycles. The molecule has 9 nitrogen and oxygen atoms in total. The van der Waals surface area contributed by atoms with Gasteiger partial charge < -0.3 is 9.47 Å². The molecule has 12 heteroatoms. The molecule has 174 valence electrons. The van der Waals surface area contributed by atoms with Gasteiger partial charge >= 0.3 is 0 Å². The van der Waals surface area contributed by atoms with Crippen LogP contribution in [0.3, 0.4) is 0 Å². The van der Waals surface area contributed by atoms with Gasteiger partial charge in [-0.15, -0.1) is 10.2 Å². The zero-order valence-electron chi connectivity index (χ0n) is 17.9. The van der Waals surface area contributed by atoms with Gasteiger partial charge in [0.2, 0.25) is 5.13 Å². The molecule has 0 radical (unpaired) electrons. The van der Waals surface area contributed by atoms with Crippen LogP contribution in [0.1, 0.15) is 13.3 Å². The van der Waals surface area contributed by atoms with Crippen molar-refractivity contribution in [2.24, 2.45) is 0 Å². The Hall–Kier alpha value is -2.83. The lowest BCUT2D eigenvalue weighted by molar-refractivity contribution is -0.122. The summed E-state index contributed by atoms with van der Waals surface area (Å²) in [6, 6.07) is 12.8. The number of hydrogen-bond donors (Lipinski definition) is 1. The number of aromatic nitrogens is 2. The van der Waals surface area contributed by atoms with Gasteiger partial charge in [-0.2, -0.15) is 0 Å². The van der Waals surface area contributed by atoms with Crippen LogP contribution in [-0.2, 0) is 14.8 Å². The first-order valence-corrected chi connectivity index (χ1v) is 13.4. The fraction of sp³-hybridized carbons (Fsp3) is 0.286. The predicted octanol–water partition coefficient (Wildman–Crippen LogP) is 3.64. The summed E-state index contributed by atoms with van der Waals surface area (Å²) in [6.45, 7) is 1.88. The maximum atomic E-state index is 13.5. The molecule has 4 rings (SSSR count). The van der Waals surface area contributed by atoms with E-state index in [-0.39, 0.29) is 11.4 Å². The Morgan fingerprint density at radius 3 is 2.73 bits per heavy atom. The van der Waals surface area contributed by atoms with Gasteiger partial charge in [0.1, 0.15) is 11.5 Å². The van der Waals surface area contributed by atoms with Crippen LogP contribution in [0.25, 0.3) is 0 Å². The number of sulfonamides is 1. The zero-order chi connectivity index (χ0) is 23.4. The van der Waals surface area contributed by atoms with Crippen molar-refractivity contribution in [3.63, 3.8) is 0 Å². The van der Waals surface area contributed by atoms with E-state index in [1.54, 1.807) is 48.2 Å². The second kappa shape index (κ2) is 9.98. The molecule has 0 fully saturated rings. The van der Waals surface area contributed by atoms with E-state index >= 15 is 0 Å². The van der Waals surface area contributed by atoms with E-state index in [1.165, 1.54) is 34.9 Å². The molecule has 0 spiro atoms.